The van der Waals surface area contributed by atoms with Crippen LogP contribution in [0.2, 0.25) is 0 Å². The molecule has 6 nitrogen and oxygen atoms in total. The lowest BCUT2D eigenvalue weighted by Gasteiger charge is -1.91. The Kier molecular flexibility index (Phi) is 15.9. The number of ether oxygens (including phenoxy) is 1. The molecule has 0 unspecified atom stereocenters. The average molecular weight is 327 g/mol. The van der Waals surface area contributed by atoms with E-state index in [4.69, 9.17) is 33.4 Å². The monoisotopic (exact) mass is 326 g/mol. The standard InChI is InChI=1S/C5H6O4.C5H8O2.C2H2Cl2/c1-3(5(8)9)2-4(6)7;1-4(2)5(6)7-3;1-2(3)4/h1-2H2,(H,6,7)(H,8,9);1H2,2-3H3;1H2. The van der Waals surface area contributed by atoms with E-state index in [1.165, 1.54) is 7.11 Å². The first-order valence-electron chi connectivity index (χ1n) is 4.82. The number of carbonyl (C=O) groups is 3. The first-order valence-corrected chi connectivity index (χ1v) is 5.57. The predicted molar refractivity (Wildman–Crippen MR) is 76.7 cm³/mol. The molecule has 0 aliphatic heterocycles. The van der Waals surface area contributed by atoms with Crippen molar-refractivity contribution in [3.8, 4) is 0 Å². The second kappa shape index (κ2) is 13.6. The van der Waals surface area contributed by atoms with E-state index in [1.807, 2.05) is 0 Å². The molecule has 114 valence electrons. The minimum atomic E-state index is -1.27. The number of halogens is 2. The van der Waals surface area contributed by atoms with Gasteiger partial charge in [-0.2, -0.15) is 0 Å². The Morgan fingerprint density at radius 1 is 1.10 bits per heavy atom. The third-order valence-electron chi connectivity index (χ3n) is 1.20. The molecule has 8 heteroatoms. The summed E-state index contributed by atoms with van der Waals surface area (Å²) in [5, 5.41) is 16.1. The van der Waals surface area contributed by atoms with Gasteiger partial charge in [-0.1, -0.05) is 42.9 Å². The molecule has 0 rings (SSSR count). The minimum absolute atomic E-state index is 0.111. The fourth-order valence-electron chi connectivity index (χ4n) is 0.432. The Labute approximate surface area is 126 Å². The molecule has 0 saturated carbocycles. The first kappa shape index (κ1) is 23.3. The van der Waals surface area contributed by atoms with Gasteiger partial charge in [0.15, 0.2) is 0 Å². The Balaban J connectivity index is -0.000000234. The fourth-order valence-corrected chi connectivity index (χ4v) is 0.432. The quantitative estimate of drug-likeness (QED) is 0.608. The van der Waals surface area contributed by atoms with Gasteiger partial charge in [-0.25, -0.2) is 9.59 Å². The lowest BCUT2D eigenvalue weighted by atomic mass is 10.2. The molecule has 0 fully saturated rings. The number of hydrogen-bond donors (Lipinski definition) is 2. The van der Waals surface area contributed by atoms with E-state index in [0.29, 0.717) is 5.57 Å². The van der Waals surface area contributed by atoms with E-state index in [0.717, 1.165) is 0 Å². The SMILES string of the molecule is C=C(C)C(=O)OC.C=C(CC(=O)O)C(=O)O.C=C(Cl)Cl. The topological polar surface area (TPSA) is 101 Å². The van der Waals surface area contributed by atoms with Crippen molar-refractivity contribution in [2.45, 2.75) is 13.3 Å². The molecule has 0 aliphatic rings. The lowest BCUT2D eigenvalue weighted by Crippen LogP contribution is -2.04. The smallest absolute Gasteiger partial charge is 0.332 e. The summed E-state index contributed by atoms with van der Waals surface area (Å²) in [6.45, 7) is 11.1. The zero-order chi connectivity index (χ0) is 16.9. The third-order valence-corrected chi connectivity index (χ3v) is 1.20. The van der Waals surface area contributed by atoms with Crippen molar-refractivity contribution in [3.63, 3.8) is 0 Å². The van der Waals surface area contributed by atoms with Crippen molar-refractivity contribution in [1.29, 1.82) is 0 Å². The molecule has 0 aromatic rings. The maximum atomic E-state index is 10.2. The van der Waals surface area contributed by atoms with Gasteiger partial charge in [0.05, 0.1) is 18.0 Å². The second-order valence-electron chi connectivity index (χ2n) is 3.09. The minimum Gasteiger partial charge on any atom is -0.481 e. The van der Waals surface area contributed by atoms with Crippen LogP contribution in [0.5, 0.6) is 0 Å². The Bertz CT molecular complexity index is 397. The van der Waals surface area contributed by atoms with Crippen molar-refractivity contribution in [2.75, 3.05) is 7.11 Å². The number of carboxylic acid groups (broad SMARTS) is 2. The molecule has 0 heterocycles. The van der Waals surface area contributed by atoms with Crippen LogP contribution in [-0.4, -0.2) is 35.2 Å². The van der Waals surface area contributed by atoms with Gasteiger partial charge in [-0.05, 0) is 6.92 Å². The van der Waals surface area contributed by atoms with E-state index >= 15 is 0 Å². The molecule has 20 heavy (non-hydrogen) atoms. The van der Waals surface area contributed by atoms with E-state index in [2.05, 4.69) is 24.5 Å². The van der Waals surface area contributed by atoms with Gasteiger partial charge in [0, 0.05) is 11.1 Å². The number of methoxy groups -OCH3 is 1. The molecule has 0 radical (unpaired) electrons. The molecule has 0 aromatic heterocycles. The largest absolute Gasteiger partial charge is 0.481 e. The van der Waals surface area contributed by atoms with Gasteiger partial charge >= 0.3 is 17.9 Å². The third kappa shape index (κ3) is 25.2. The van der Waals surface area contributed by atoms with Crippen molar-refractivity contribution in [1.82, 2.24) is 0 Å². The summed E-state index contributed by atoms with van der Waals surface area (Å²) in [5.41, 5.74) is 0.130. The van der Waals surface area contributed by atoms with Crippen LogP contribution in [0.15, 0.2) is 35.4 Å². The highest BCUT2D eigenvalue weighted by molar-refractivity contribution is 6.55. The van der Waals surface area contributed by atoms with E-state index < -0.39 is 18.4 Å². The predicted octanol–water partition coefficient (Wildman–Crippen LogP) is 2.77. The molecule has 0 spiro atoms. The highest BCUT2D eigenvalue weighted by Gasteiger charge is 2.07. The summed E-state index contributed by atoms with van der Waals surface area (Å²) in [4.78, 5) is 29.9. The highest BCUT2D eigenvalue weighted by atomic mass is 35.5. The van der Waals surface area contributed by atoms with Crippen LogP contribution in [0.3, 0.4) is 0 Å². The van der Waals surface area contributed by atoms with Gasteiger partial charge in [-0.3, -0.25) is 4.79 Å². The Morgan fingerprint density at radius 2 is 1.45 bits per heavy atom. The van der Waals surface area contributed by atoms with Gasteiger partial charge in [-0.15, -0.1) is 0 Å². The van der Waals surface area contributed by atoms with E-state index in [1.54, 1.807) is 6.92 Å². The van der Waals surface area contributed by atoms with Crippen LogP contribution in [0, 0.1) is 0 Å². The van der Waals surface area contributed by atoms with Gasteiger partial charge < -0.3 is 14.9 Å². The zero-order valence-corrected chi connectivity index (χ0v) is 12.6. The summed E-state index contributed by atoms with van der Waals surface area (Å²) < 4.78 is 4.38. The number of esters is 1. The molecule has 0 aliphatic carbocycles. The van der Waals surface area contributed by atoms with Crippen molar-refractivity contribution < 1.29 is 29.3 Å². The van der Waals surface area contributed by atoms with Gasteiger partial charge in [0.25, 0.3) is 0 Å². The molecule has 2 N–H and O–H groups in total. The van der Waals surface area contributed by atoms with Gasteiger partial charge in [0.2, 0.25) is 0 Å². The van der Waals surface area contributed by atoms with Crippen LogP contribution in [0.1, 0.15) is 13.3 Å². The maximum absolute atomic E-state index is 10.2. The number of carbonyl (C=O) groups excluding carboxylic acids is 1. The molecule has 0 bridgehead atoms. The van der Waals surface area contributed by atoms with Crippen LogP contribution >= 0.6 is 23.2 Å². The summed E-state index contributed by atoms with van der Waals surface area (Å²) in [7, 11) is 1.33. The number of aliphatic carboxylic acids is 2. The van der Waals surface area contributed by atoms with Crippen LogP contribution in [0.4, 0.5) is 0 Å². The van der Waals surface area contributed by atoms with Gasteiger partial charge in [0.1, 0.15) is 0 Å². The van der Waals surface area contributed by atoms with Crippen molar-refractivity contribution >= 4 is 41.1 Å². The molecule has 0 aromatic carbocycles. The summed E-state index contributed by atoms with van der Waals surface area (Å²) in [6, 6.07) is 0. The number of rotatable bonds is 4. The van der Waals surface area contributed by atoms with E-state index in [-0.39, 0.29) is 16.0 Å². The molecule has 0 saturated heterocycles. The van der Waals surface area contributed by atoms with Crippen molar-refractivity contribution in [3.05, 3.63) is 35.4 Å². The molecule has 0 atom stereocenters. The second-order valence-corrected chi connectivity index (χ2v) is 4.20. The lowest BCUT2D eigenvalue weighted by molar-refractivity contribution is -0.139. The van der Waals surface area contributed by atoms with E-state index in [9.17, 15) is 14.4 Å². The molecule has 0 amide bonds. The molecular weight excluding hydrogens is 311 g/mol. The molecular formula is C12H16Cl2O6. The Hall–Kier alpha value is -1.79. The normalized spacial score (nSPS) is 7.80. The number of hydrogen-bond acceptors (Lipinski definition) is 4. The first-order chi connectivity index (χ1) is 8.95. The Morgan fingerprint density at radius 3 is 1.50 bits per heavy atom. The maximum Gasteiger partial charge on any atom is 0.332 e. The van der Waals surface area contributed by atoms with Crippen molar-refractivity contribution in [2.24, 2.45) is 0 Å². The fraction of sp³-hybridized carbons (Fsp3) is 0.250. The highest BCUT2D eigenvalue weighted by Crippen LogP contribution is 1.98. The van der Waals surface area contributed by atoms with Crippen LogP contribution < -0.4 is 0 Å². The zero-order valence-electron chi connectivity index (χ0n) is 11.1. The summed E-state index contributed by atoms with van der Waals surface area (Å²) >= 11 is 9.69. The summed E-state index contributed by atoms with van der Waals surface area (Å²) in [6.07, 6.45) is -0.505. The van der Waals surface area contributed by atoms with Crippen LogP contribution in [-0.2, 0) is 19.1 Å². The average Bonchev–Trinajstić information content (AvgIpc) is 2.26. The number of carboxylic acids is 2. The summed E-state index contributed by atoms with van der Waals surface area (Å²) in [5.74, 6) is -2.79. The van der Waals surface area contributed by atoms with Crippen LogP contribution in [0.25, 0.3) is 0 Å².